The summed E-state index contributed by atoms with van der Waals surface area (Å²) in [5.41, 5.74) is 3.22. The highest BCUT2D eigenvalue weighted by Gasteiger charge is 2.03. The second kappa shape index (κ2) is 8.08. The first-order chi connectivity index (χ1) is 11.1. The van der Waals surface area contributed by atoms with Gasteiger partial charge in [-0.3, -0.25) is 0 Å². The molecule has 0 unspecified atom stereocenters. The lowest BCUT2D eigenvalue weighted by molar-refractivity contribution is 0.223. The Balaban J connectivity index is 1.72. The summed E-state index contributed by atoms with van der Waals surface area (Å²) in [4.78, 5) is 11.7. The number of hydrogen-bond donors (Lipinski definition) is 2. The summed E-state index contributed by atoms with van der Waals surface area (Å²) < 4.78 is 10.6. The number of carbonyl (C=O) groups excluding carboxylic acids is 1. The second-order valence-electron chi connectivity index (χ2n) is 5.27. The molecule has 0 aliphatic carbocycles. The van der Waals surface area contributed by atoms with Crippen molar-refractivity contribution in [3.8, 4) is 11.5 Å². The summed E-state index contributed by atoms with van der Waals surface area (Å²) in [5, 5.41) is 5.44. The molecule has 5 nitrogen and oxygen atoms in total. The molecule has 0 radical (unpaired) electrons. The quantitative estimate of drug-likeness (QED) is 0.805. The number of rotatable bonds is 6. The molecule has 0 fully saturated rings. The minimum Gasteiger partial charge on any atom is -0.497 e. The van der Waals surface area contributed by atoms with Gasteiger partial charge in [0, 0.05) is 6.54 Å². The normalized spacial score (nSPS) is 10.0. The number of benzene rings is 2. The number of methoxy groups -OCH3 is 1. The van der Waals surface area contributed by atoms with E-state index in [-0.39, 0.29) is 12.8 Å². The Labute approximate surface area is 136 Å². The van der Waals surface area contributed by atoms with Gasteiger partial charge in [-0.25, -0.2) is 4.79 Å². The first-order valence-electron chi connectivity index (χ1n) is 7.43. The molecule has 0 bridgehead atoms. The van der Waals surface area contributed by atoms with Crippen LogP contribution in [0.25, 0.3) is 0 Å². The minimum absolute atomic E-state index is 0.123. The van der Waals surface area contributed by atoms with Crippen molar-refractivity contribution in [2.45, 2.75) is 20.4 Å². The zero-order valence-corrected chi connectivity index (χ0v) is 13.7. The fourth-order valence-electron chi connectivity index (χ4n) is 2.13. The molecule has 2 aromatic rings. The number of nitrogens with one attached hydrogen (secondary N) is 2. The van der Waals surface area contributed by atoms with Crippen LogP contribution in [-0.2, 0) is 6.54 Å². The molecular formula is C18H22N2O3. The van der Waals surface area contributed by atoms with Gasteiger partial charge in [0.05, 0.1) is 7.11 Å². The van der Waals surface area contributed by atoms with E-state index in [1.165, 1.54) is 5.56 Å². The molecule has 0 saturated carbocycles. The van der Waals surface area contributed by atoms with E-state index in [1.807, 2.05) is 56.3 Å². The lowest BCUT2D eigenvalue weighted by atomic mass is 10.1. The van der Waals surface area contributed by atoms with Gasteiger partial charge >= 0.3 is 6.03 Å². The molecule has 2 rings (SSSR count). The van der Waals surface area contributed by atoms with Crippen molar-refractivity contribution >= 4 is 6.03 Å². The van der Waals surface area contributed by atoms with Gasteiger partial charge in [0.2, 0.25) is 0 Å². The molecule has 0 aliphatic heterocycles. The van der Waals surface area contributed by atoms with Crippen LogP contribution in [0.4, 0.5) is 4.79 Å². The van der Waals surface area contributed by atoms with Crippen molar-refractivity contribution in [3.05, 3.63) is 59.2 Å². The molecule has 2 amide bonds. The van der Waals surface area contributed by atoms with Crippen LogP contribution in [0.15, 0.2) is 42.5 Å². The van der Waals surface area contributed by atoms with E-state index < -0.39 is 0 Å². The Morgan fingerprint density at radius 1 is 1.04 bits per heavy atom. The van der Waals surface area contributed by atoms with Crippen molar-refractivity contribution in [1.82, 2.24) is 10.6 Å². The Hall–Kier alpha value is -2.69. The predicted molar refractivity (Wildman–Crippen MR) is 89.8 cm³/mol. The monoisotopic (exact) mass is 314 g/mol. The highest BCUT2D eigenvalue weighted by molar-refractivity contribution is 5.73. The molecule has 23 heavy (non-hydrogen) atoms. The average Bonchev–Trinajstić information content (AvgIpc) is 2.55. The van der Waals surface area contributed by atoms with Crippen LogP contribution >= 0.6 is 0 Å². The summed E-state index contributed by atoms with van der Waals surface area (Å²) in [6, 6.07) is 13.2. The minimum atomic E-state index is -0.273. The Morgan fingerprint density at radius 3 is 2.43 bits per heavy atom. The molecule has 0 spiro atoms. The van der Waals surface area contributed by atoms with Gasteiger partial charge in [0.15, 0.2) is 6.73 Å². The molecule has 0 aliphatic rings. The van der Waals surface area contributed by atoms with E-state index in [9.17, 15) is 4.79 Å². The zero-order chi connectivity index (χ0) is 16.7. The number of aryl methyl sites for hydroxylation is 2. The third-order valence-corrected chi connectivity index (χ3v) is 3.40. The van der Waals surface area contributed by atoms with Crippen LogP contribution in [0.5, 0.6) is 11.5 Å². The Kier molecular flexibility index (Phi) is 5.86. The van der Waals surface area contributed by atoms with E-state index in [0.717, 1.165) is 22.6 Å². The highest BCUT2D eigenvalue weighted by atomic mass is 16.5. The molecule has 0 aromatic heterocycles. The summed E-state index contributed by atoms with van der Waals surface area (Å²) >= 11 is 0. The van der Waals surface area contributed by atoms with Crippen LogP contribution in [0, 0.1) is 13.8 Å². The first kappa shape index (κ1) is 16.7. The van der Waals surface area contributed by atoms with Crippen LogP contribution in [-0.4, -0.2) is 19.9 Å². The lowest BCUT2D eigenvalue weighted by Crippen LogP contribution is -2.37. The van der Waals surface area contributed by atoms with E-state index in [2.05, 4.69) is 10.6 Å². The number of ether oxygens (including phenoxy) is 2. The molecule has 0 saturated heterocycles. The van der Waals surface area contributed by atoms with Crippen molar-refractivity contribution in [1.29, 1.82) is 0 Å². The van der Waals surface area contributed by atoms with E-state index >= 15 is 0 Å². The smallest absolute Gasteiger partial charge is 0.317 e. The molecule has 2 aromatic carbocycles. The molecule has 2 N–H and O–H groups in total. The zero-order valence-electron chi connectivity index (χ0n) is 13.7. The SMILES string of the molecule is COc1ccc(CNC(=O)NCOc2ccc(C)cc2C)cc1. The summed E-state index contributed by atoms with van der Waals surface area (Å²) in [7, 11) is 1.62. The maximum absolute atomic E-state index is 11.7. The highest BCUT2D eigenvalue weighted by Crippen LogP contribution is 2.18. The van der Waals surface area contributed by atoms with Crippen LogP contribution in [0.2, 0.25) is 0 Å². The molecule has 0 atom stereocenters. The van der Waals surface area contributed by atoms with Gasteiger partial charge in [-0.2, -0.15) is 0 Å². The summed E-state index contributed by atoms with van der Waals surface area (Å²) in [5.74, 6) is 1.56. The van der Waals surface area contributed by atoms with Gasteiger partial charge in [0.25, 0.3) is 0 Å². The van der Waals surface area contributed by atoms with Crippen LogP contribution in [0.1, 0.15) is 16.7 Å². The van der Waals surface area contributed by atoms with E-state index in [4.69, 9.17) is 9.47 Å². The van der Waals surface area contributed by atoms with Gasteiger partial charge in [-0.15, -0.1) is 0 Å². The van der Waals surface area contributed by atoms with Crippen molar-refractivity contribution in [2.24, 2.45) is 0 Å². The first-order valence-corrected chi connectivity index (χ1v) is 7.43. The third-order valence-electron chi connectivity index (χ3n) is 3.40. The van der Waals surface area contributed by atoms with Gasteiger partial charge in [-0.05, 0) is 43.2 Å². The predicted octanol–water partition coefficient (Wildman–Crippen LogP) is 3.15. The van der Waals surface area contributed by atoms with Gasteiger partial charge in [-0.1, -0.05) is 29.8 Å². The van der Waals surface area contributed by atoms with Crippen molar-refractivity contribution in [3.63, 3.8) is 0 Å². The topological polar surface area (TPSA) is 59.6 Å². The lowest BCUT2D eigenvalue weighted by Gasteiger charge is -2.11. The molecule has 122 valence electrons. The van der Waals surface area contributed by atoms with E-state index in [1.54, 1.807) is 7.11 Å². The second-order valence-corrected chi connectivity index (χ2v) is 5.27. The maximum atomic E-state index is 11.7. The van der Waals surface area contributed by atoms with Crippen LogP contribution < -0.4 is 20.1 Å². The standard InChI is InChI=1S/C18H22N2O3/c1-13-4-9-17(14(2)10-13)23-12-20-18(21)19-11-15-5-7-16(22-3)8-6-15/h4-10H,11-12H2,1-3H3,(H2,19,20,21). The largest absolute Gasteiger partial charge is 0.497 e. The third kappa shape index (κ3) is 5.21. The molecule has 5 heteroatoms. The maximum Gasteiger partial charge on any atom is 0.317 e. The number of hydrogen-bond acceptors (Lipinski definition) is 3. The molecule has 0 heterocycles. The van der Waals surface area contributed by atoms with Crippen molar-refractivity contribution < 1.29 is 14.3 Å². The number of urea groups is 1. The number of amides is 2. The number of carbonyl (C=O) groups is 1. The molecular weight excluding hydrogens is 292 g/mol. The summed E-state index contributed by atoms with van der Waals surface area (Å²) in [6.45, 7) is 4.57. The summed E-state index contributed by atoms with van der Waals surface area (Å²) in [6.07, 6.45) is 0. The fourth-order valence-corrected chi connectivity index (χ4v) is 2.13. The van der Waals surface area contributed by atoms with Gasteiger partial charge < -0.3 is 20.1 Å². The fraction of sp³-hybridized carbons (Fsp3) is 0.278. The Morgan fingerprint density at radius 2 is 1.78 bits per heavy atom. The van der Waals surface area contributed by atoms with Crippen LogP contribution in [0.3, 0.4) is 0 Å². The van der Waals surface area contributed by atoms with Gasteiger partial charge in [0.1, 0.15) is 11.5 Å². The Bertz CT molecular complexity index is 654. The van der Waals surface area contributed by atoms with Crippen molar-refractivity contribution in [2.75, 3.05) is 13.8 Å². The van der Waals surface area contributed by atoms with E-state index in [0.29, 0.717) is 6.54 Å². The average molecular weight is 314 g/mol.